The summed E-state index contributed by atoms with van der Waals surface area (Å²) in [4.78, 5) is 0. The summed E-state index contributed by atoms with van der Waals surface area (Å²) in [5, 5.41) is 21.6. The Morgan fingerprint density at radius 2 is 1.93 bits per heavy atom. The van der Waals surface area contributed by atoms with Gasteiger partial charge in [-0.1, -0.05) is 13.8 Å². The van der Waals surface area contributed by atoms with Gasteiger partial charge < -0.3 is 20.3 Å². The molecule has 0 bridgehead atoms. The Bertz CT molecular complexity index is 160. The fourth-order valence-corrected chi connectivity index (χ4v) is 0.996. The van der Waals surface area contributed by atoms with E-state index < -0.39 is 6.10 Å². The highest BCUT2D eigenvalue weighted by atomic mass is 16.5. The molecule has 0 aromatic rings. The van der Waals surface area contributed by atoms with Crippen molar-refractivity contribution in [1.29, 1.82) is 0 Å². The molecule has 1 atom stereocenters. The van der Waals surface area contributed by atoms with Gasteiger partial charge in [-0.2, -0.15) is 0 Å². The second-order valence-corrected chi connectivity index (χ2v) is 4.99. The quantitative estimate of drug-likeness (QED) is 0.552. The SMILES string of the molecule is CC(C)OCC(O)CNCC(C)(C)CO. The van der Waals surface area contributed by atoms with Crippen LogP contribution in [0, 0.1) is 5.41 Å². The molecule has 0 saturated carbocycles. The van der Waals surface area contributed by atoms with Gasteiger partial charge in [0.2, 0.25) is 0 Å². The summed E-state index contributed by atoms with van der Waals surface area (Å²) < 4.78 is 5.27. The smallest absolute Gasteiger partial charge is 0.0897 e. The topological polar surface area (TPSA) is 61.7 Å². The van der Waals surface area contributed by atoms with Gasteiger partial charge in [0.05, 0.1) is 18.8 Å². The zero-order chi connectivity index (χ0) is 11.9. The number of hydrogen-bond acceptors (Lipinski definition) is 4. The lowest BCUT2D eigenvalue weighted by Gasteiger charge is -2.23. The molecule has 0 amide bonds. The van der Waals surface area contributed by atoms with Crippen LogP contribution in [0.1, 0.15) is 27.7 Å². The zero-order valence-electron chi connectivity index (χ0n) is 10.3. The van der Waals surface area contributed by atoms with Crippen LogP contribution >= 0.6 is 0 Å². The molecule has 0 aromatic carbocycles. The van der Waals surface area contributed by atoms with Gasteiger partial charge in [-0.3, -0.25) is 0 Å². The van der Waals surface area contributed by atoms with Crippen molar-refractivity contribution in [2.45, 2.75) is 39.9 Å². The number of hydrogen-bond donors (Lipinski definition) is 3. The summed E-state index contributed by atoms with van der Waals surface area (Å²) in [6, 6.07) is 0. The Morgan fingerprint density at radius 1 is 1.33 bits per heavy atom. The van der Waals surface area contributed by atoms with Crippen LogP contribution in [0.5, 0.6) is 0 Å². The molecule has 1 unspecified atom stereocenters. The lowest BCUT2D eigenvalue weighted by molar-refractivity contribution is 0.00519. The lowest BCUT2D eigenvalue weighted by atomic mass is 9.95. The third-order valence-electron chi connectivity index (χ3n) is 2.03. The predicted octanol–water partition coefficient (Wildman–Crippen LogP) is 0.380. The van der Waals surface area contributed by atoms with E-state index in [4.69, 9.17) is 9.84 Å². The first-order valence-corrected chi connectivity index (χ1v) is 5.48. The van der Waals surface area contributed by atoms with Gasteiger partial charge in [-0.05, 0) is 13.8 Å². The van der Waals surface area contributed by atoms with Gasteiger partial charge in [0, 0.05) is 25.1 Å². The van der Waals surface area contributed by atoms with Crippen molar-refractivity contribution >= 4 is 0 Å². The molecule has 0 aliphatic heterocycles. The standard InChI is InChI=1S/C11H25NO3/c1-9(2)15-6-10(14)5-12-7-11(3,4)8-13/h9-10,12-14H,5-8H2,1-4H3. The first kappa shape index (κ1) is 14.8. The number of aliphatic hydroxyl groups is 2. The van der Waals surface area contributed by atoms with Crippen LogP contribution in [-0.2, 0) is 4.74 Å². The van der Waals surface area contributed by atoms with Crippen LogP contribution < -0.4 is 5.32 Å². The van der Waals surface area contributed by atoms with Crippen LogP contribution in [0.25, 0.3) is 0 Å². The van der Waals surface area contributed by atoms with E-state index in [9.17, 15) is 5.11 Å². The Morgan fingerprint density at radius 3 is 2.40 bits per heavy atom. The molecular weight excluding hydrogens is 194 g/mol. The van der Waals surface area contributed by atoms with E-state index in [1.54, 1.807) is 0 Å². The normalized spacial score (nSPS) is 14.6. The van der Waals surface area contributed by atoms with E-state index in [1.165, 1.54) is 0 Å². The Hall–Kier alpha value is -0.160. The van der Waals surface area contributed by atoms with E-state index >= 15 is 0 Å². The Kier molecular flexibility index (Phi) is 7.09. The maximum atomic E-state index is 9.52. The number of nitrogens with one attached hydrogen (secondary N) is 1. The summed E-state index contributed by atoms with van der Waals surface area (Å²) in [5.41, 5.74) is -0.140. The maximum absolute atomic E-state index is 9.52. The maximum Gasteiger partial charge on any atom is 0.0897 e. The van der Waals surface area contributed by atoms with Crippen molar-refractivity contribution in [3.05, 3.63) is 0 Å². The largest absolute Gasteiger partial charge is 0.396 e. The van der Waals surface area contributed by atoms with Crippen molar-refractivity contribution in [1.82, 2.24) is 5.32 Å². The Labute approximate surface area is 92.6 Å². The lowest BCUT2D eigenvalue weighted by Crippen LogP contribution is -2.38. The summed E-state index contributed by atoms with van der Waals surface area (Å²) in [6.45, 7) is 9.49. The van der Waals surface area contributed by atoms with Crippen molar-refractivity contribution in [3.8, 4) is 0 Å². The molecule has 0 aromatic heterocycles. The fraction of sp³-hybridized carbons (Fsp3) is 1.00. The average Bonchev–Trinajstić information content (AvgIpc) is 2.14. The molecule has 0 saturated heterocycles. The average molecular weight is 219 g/mol. The summed E-state index contributed by atoms with van der Waals surface area (Å²) >= 11 is 0. The van der Waals surface area contributed by atoms with Gasteiger partial charge in [-0.25, -0.2) is 0 Å². The van der Waals surface area contributed by atoms with Crippen LogP contribution in [0.15, 0.2) is 0 Å². The minimum Gasteiger partial charge on any atom is -0.396 e. The van der Waals surface area contributed by atoms with E-state index in [1.807, 2.05) is 27.7 Å². The third-order valence-corrected chi connectivity index (χ3v) is 2.03. The zero-order valence-corrected chi connectivity index (χ0v) is 10.3. The van der Waals surface area contributed by atoms with Gasteiger partial charge in [0.15, 0.2) is 0 Å². The molecule has 3 N–H and O–H groups in total. The first-order valence-electron chi connectivity index (χ1n) is 5.48. The van der Waals surface area contributed by atoms with Gasteiger partial charge >= 0.3 is 0 Å². The molecule has 0 aliphatic carbocycles. The molecule has 4 heteroatoms. The van der Waals surface area contributed by atoms with Crippen molar-refractivity contribution in [2.24, 2.45) is 5.41 Å². The molecular formula is C11H25NO3. The molecule has 92 valence electrons. The van der Waals surface area contributed by atoms with Gasteiger partial charge in [0.25, 0.3) is 0 Å². The number of aliphatic hydroxyl groups excluding tert-OH is 2. The van der Waals surface area contributed by atoms with Gasteiger partial charge in [0.1, 0.15) is 0 Å². The Balaban J connectivity index is 3.50. The van der Waals surface area contributed by atoms with Crippen LogP contribution in [0.4, 0.5) is 0 Å². The summed E-state index contributed by atoms with van der Waals surface area (Å²) in [6.07, 6.45) is -0.338. The van der Waals surface area contributed by atoms with E-state index in [0.717, 1.165) is 0 Å². The number of rotatable bonds is 8. The summed E-state index contributed by atoms with van der Waals surface area (Å²) in [7, 11) is 0. The molecule has 4 nitrogen and oxygen atoms in total. The molecule has 0 aliphatic rings. The first-order chi connectivity index (χ1) is 6.87. The van der Waals surface area contributed by atoms with Crippen molar-refractivity contribution in [2.75, 3.05) is 26.3 Å². The minimum absolute atomic E-state index is 0.137. The molecule has 0 rings (SSSR count). The van der Waals surface area contributed by atoms with E-state index in [2.05, 4.69) is 5.32 Å². The highest BCUT2D eigenvalue weighted by Crippen LogP contribution is 2.10. The van der Waals surface area contributed by atoms with Crippen LogP contribution in [0.2, 0.25) is 0 Å². The van der Waals surface area contributed by atoms with Crippen molar-refractivity contribution < 1.29 is 14.9 Å². The third kappa shape index (κ3) is 8.81. The molecule has 0 fully saturated rings. The van der Waals surface area contributed by atoms with Crippen molar-refractivity contribution in [3.63, 3.8) is 0 Å². The van der Waals surface area contributed by atoms with E-state index in [0.29, 0.717) is 19.7 Å². The molecule has 0 radical (unpaired) electrons. The second kappa shape index (κ2) is 7.17. The highest BCUT2D eigenvalue weighted by molar-refractivity contribution is 4.71. The number of ether oxygens (including phenoxy) is 1. The molecule has 0 spiro atoms. The molecule has 0 heterocycles. The molecule has 15 heavy (non-hydrogen) atoms. The minimum atomic E-state index is -0.484. The highest BCUT2D eigenvalue weighted by Gasteiger charge is 2.16. The summed E-state index contributed by atoms with van der Waals surface area (Å²) in [5.74, 6) is 0. The monoisotopic (exact) mass is 219 g/mol. The second-order valence-electron chi connectivity index (χ2n) is 4.99. The van der Waals surface area contributed by atoms with E-state index in [-0.39, 0.29) is 18.1 Å². The van der Waals surface area contributed by atoms with Crippen LogP contribution in [-0.4, -0.2) is 48.7 Å². The fourth-order valence-electron chi connectivity index (χ4n) is 0.996. The van der Waals surface area contributed by atoms with Gasteiger partial charge in [-0.15, -0.1) is 0 Å². The van der Waals surface area contributed by atoms with Crippen LogP contribution in [0.3, 0.4) is 0 Å². The predicted molar refractivity (Wildman–Crippen MR) is 60.8 cm³/mol.